The molecule has 2 rings (SSSR count). The standard InChI is InChI=1S/C17H28ClN3/c1-5-20-8-9-21(12-14(20)4)17-7-6-15(10-16(17)18)11-19-13(2)3/h6-7,10,13-14,19H,5,8-9,11-12H2,1-4H3. The van der Waals surface area contributed by atoms with Crippen LogP contribution in [0.3, 0.4) is 0 Å². The predicted molar refractivity (Wildman–Crippen MR) is 92.3 cm³/mol. The van der Waals surface area contributed by atoms with E-state index in [1.54, 1.807) is 0 Å². The third-order valence-corrected chi connectivity index (χ3v) is 4.54. The van der Waals surface area contributed by atoms with E-state index in [0.717, 1.165) is 37.7 Å². The van der Waals surface area contributed by atoms with E-state index in [9.17, 15) is 0 Å². The van der Waals surface area contributed by atoms with Gasteiger partial charge in [-0.2, -0.15) is 0 Å². The van der Waals surface area contributed by atoms with E-state index in [1.807, 2.05) is 0 Å². The van der Waals surface area contributed by atoms with Gasteiger partial charge in [-0.25, -0.2) is 0 Å². The van der Waals surface area contributed by atoms with Crippen LogP contribution in [0.15, 0.2) is 18.2 Å². The molecule has 1 fully saturated rings. The zero-order valence-corrected chi connectivity index (χ0v) is 14.5. The minimum atomic E-state index is 0.492. The predicted octanol–water partition coefficient (Wildman–Crippen LogP) is 3.37. The quantitative estimate of drug-likeness (QED) is 0.899. The first-order valence-corrected chi connectivity index (χ1v) is 8.39. The Morgan fingerprint density at radius 2 is 2.10 bits per heavy atom. The van der Waals surface area contributed by atoms with Crippen LogP contribution in [0.5, 0.6) is 0 Å². The lowest BCUT2D eigenvalue weighted by atomic mass is 10.1. The fourth-order valence-corrected chi connectivity index (χ4v) is 3.25. The summed E-state index contributed by atoms with van der Waals surface area (Å²) in [6.45, 7) is 14.1. The molecule has 1 atom stereocenters. The highest BCUT2D eigenvalue weighted by atomic mass is 35.5. The molecular formula is C17H28ClN3. The zero-order chi connectivity index (χ0) is 15.4. The van der Waals surface area contributed by atoms with E-state index in [1.165, 1.54) is 11.3 Å². The van der Waals surface area contributed by atoms with Gasteiger partial charge in [-0.15, -0.1) is 0 Å². The number of halogens is 1. The van der Waals surface area contributed by atoms with Crippen molar-refractivity contribution >= 4 is 17.3 Å². The molecule has 3 nitrogen and oxygen atoms in total. The van der Waals surface area contributed by atoms with Crippen LogP contribution in [0.2, 0.25) is 5.02 Å². The van der Waals surface area contributed by atoms with Crippen LogP contribution in [0.4, 0.5) is 5.69 Å². The molecule has 0 spiro atoms. The van der Waals surface area contributed by atoms with Crippen LogP contribution >= 0.6 is 11.6 Å². The minimum Gasteiger partial charge on any atom is -0.367 e. The van der Waals surface area contributed by atoms with Gasteiger partial charge in [0.1, 0.15) is 0 Å². The van der Waals surface area contributed by atoms with E-state index in [0.29, 0.717) is 12.1 Å². The number of anilines is 1. The lowest BCUT2D eigenvalue weighted by Crippen LogP contribution is -2.51. The Bertz CT molecular complexity index is 461. The minimum absolute atomic E-state index is 0.492. The summed E-state index contributed by atoms with van der Waals surface area (Å²) in [6, 6.07) is 7.54. The topological polar surface area (TPSA) is 18.5 Å². The average molecular weight is 310 g/mol. The van der Waals surface area contributed by atoms with Crippen molar-refractivity contribution in [1.29, 1.82) is 0 Å². The molecule has 21 heavy (non-hydrogen) atoms. The molecule has 1 saturated heterocycles. The first-order chi connectivity index (χ1) is 10.0. The van der Waals surface area contributed by atoms with E-state index in [4.69, 9.17) is 11.6 Å². The van der Waals surface area contributed by atoms with Crippen molar-refractivity contribution in [2.24, 2.45) is 0 Å². The highest BCUT2D eigenvalue weighted by Gasteiger charge is 2.23. The number of hydrogen-bond donors (Lipinski definition) is 1. The fraction of sp³-hybridized carbons (Fsp3) is 0.647. The molecule has 0 saturated carbocycles. The van der Waals surface area contributed by atoms with Gasteiger partial charge in [0, 0.05) is 38.3 Å². The van der Waals surface area contributed by atoms with Gasteiger partial charge in [-0.05, 0) is 31.2 Å². The van der Waals surface area contributed by atoms with Crippen molar-refractivity contribution in [3.63, 3.8) is 0 Å². The number of rotatable bonds is 5. The van der Waals surface area contributed by atoms with Crippen molar-refractivity contribution < 1.29 is 0 Å². The van der Waals surface area contributed by atoms with Gasteiger partial charge in [-0.1, -0.05) is 38.4 Å². The summed E-state index contributed by atoms with van der Waals surface area (Å²) < 4.78 is 0. The maximum Gasteiger partial charge on any atom is 0.0642 e. The Labute approximate surface area is 134 Å². The molecule has 1 aromatic carbocycles. The molecule has 1 aromatic rings. The summed E-state index contributed by atoms with van der Waals surface area (Å²) in [6.07, 6.45) is 0. The van der Waals surface area contributed by atoms with Gasteiger partial charge in [-0.3, -0.25) is 4.90 Å². The summed E-state index contributed by atoms with van der Waals surface area (Å²) in [5.41, 5.74) is 2.42. The summed E-state index contributed by atoms with van der Waals surface area (Å²) in [7, 11) is 0. The molecule has 0 bridgehead atoms. The maximum absolute atomic E-state index is 6.51. The Morgan fingerprint density at radius 1 is 1.33 bits per heavy atom. The second-order valence-electron chi connectivity index (χ2n) is 6.24. The SMILES string of the molecule is CCN1CCN(c2ccc(CNC(C)C)cc2Cl)CC1C. The van der Waals surface area contributed by atoms with E-state index < -0.39 is 0 Å². The van der Waals surface area contributed by atoms with Crippen LogP contribution in [-0.4, -0.2) is 43.2 Å². The molecule has 0 aliphatic carbocycles. The van der Waals surface area contributed by atoms with Crippen LogP contribution in [0, 0.1) is 0 Å². The molecule has 4 heteroatoms. The molecule has 118 valence electrons. The van der Waals surface area contributed by atoms with Gasteiger partial charge in [0.25, 0.3) is 0 Å². The van der Waals surface area contributed by atoms with Crippen molar-refractivity contribution in [1.82, 2.24) is 10.2 Å². The molecule has 1 aliphatic heterocycles. The fourth-order valence-electron chi connectivity index (χ4n) is 2.92. The number of likely N-dealkylation sites (N-methyl/N-ethyl adjacent to an activating group) is 1. The molecule has 1 heterocycles. The molecule has 0 radical (unpaired) electrons. The highest BCUT2D eigenvalue weighted by molar-refractivity contribution is 6.33. The van der Waals surface area contributed by atoms with Crippen LogP contribution in [-0.2, 0) is 6.54 Å². The van der Waals surface area contributed by atoms with Crippen molar-refractivity contribution in [3.8, 4) is 0 Å². The van der Waals surface area contributed by atoms with Gasteiger partial charge < -0.3 is 10.2 Å². The van der Waals surface area contributed by atoms with Crippen molar-refractivity contribution in [2.75, 3.05) is 31.1 Å². The van der Waals surface area contributed by atoms with E-state index in [-0.39, 0.29) is 0 Å². The number of nitrogens with zero attached hydrogens (tertiary/aromatic N) is 2. The smallest absolute Gasteiger partial charge is 0.0642 e. The van der Waals surface area contributed by atoms with Crippen molar-refractivity contribution in [3.05, 3.63) is 28.8 Å². The third-order valence-electron chi connectivity index (χ3n) is 4.24. The summed E-state index contributed by atoms with van der Waals surface area (Å²) in [4.78, 5) is 4.93. The second-order valence-corrected chi connectivity index (χ2v) is 6.65. The Morgan fingerprint density at radius 3 is 2.67 bits per heavy atom. The lowest BCUT2D eigenvalue weighted by molar-refractivity contribution is 0.199. The van der Waals surface area contributed by atoms with Crippen LogP contribution < -0.4 is 10.2 Å². The van der Waals surface area contributed by atoms with Crippen molar-refractivity contribution in [2.45, 2.75) is 46.3 Å². The second kappa shape index (κ2) is 7.48. The molecule has 1 unspecified atom stereocenters. The van der Waals surface area contributed by atoms with Gasteiger partial charge >= 0.3 is 0 Å². The Balaban J connectivity index is 2.04. The highest BCUT2D eigenvalue weighted by Crippen LogP contribution is 2.28. The third kappa shape index (κ3) is 4.35. The maximum atomic E-state index is 6.51. The average Bonchev–Trinajstić information content (AvgIpc) is 2.45. The molecular weight excluding hydrogens is 282 g/mol. The normalized spacial score (nSPS) is 20.3. The summed E-state index contributed by atoms with van der Waals surface area (Å²) in [5.74, 6) is 0. The van der Waals surface area contributed by atoms with Gasteiger partial charge in [0.2, 0.25) is 0 Å². The molecule has 0 aromatic heterocycles. The Hall–Kier alpha value is -0.770. The van der Waals surface area contributed by atoms with Gasteiger partial charge in [0.05, 0.1) is 10.7 Å². The zero-order valence-electron chi connectivity index (χ0n) is 13.7. The first-order valence-electron chi connectivity index (χ1n) is 8.02. The summed E-state index contributed by atoms with van der Waals surface area (Å²) >= 11 is 6.51. The van der Waals surface area contributed by atoms with E-state index in [2.05, 4.69) is 61.0 Å². The van der Waals surface area contributed by atoms with E-state index >= 15 is 0 Å². The number of nitrogens with one attached hydrogen (secondary N) is 1. The Kier molecular flexibility index (Phi) is 5.91. The molecule has 1 aliphatic rings. The number of piperazine rings is 1. The summed E-state index contributed by atoms with van der Waals surface area (Å²) in [5, 5.41) is 4.30. The van der Waals surface area contributed by atoms with Crippen LogP contribution in [0.25, 0.3) is 0 Å². The van der Waals surface area contributed by atoms with Gasteiger partial charge in [0.15, 0.2) is 0 Å². The first kappa shape index (κ1) is 16.6. The number of hydrogen-bond acceptors (Lipinski definition) is 3. The number of benzene rings is 1. The molecule has 0 amide bonds. The molecule has 1 N–H and O–H groups in total. The largest absolute Gasteiger partial charge is 0.367 e. The monoisotopic (exact) mass is 309 g/mol. The lowest BCUT2D eigenvalue weighted by Gasteiger charge is -2.40. The van der Waals surface area contributed by atoms with Crippen LogP contribution in [0.1, 0.15) is 33.3 Å².